The van der Waals surface area contributed by atoms with E-state index in [-0.39, 0.29) is 0 Å². The minimum Gasteiger partial charge on any atom is -0.379 e. The number of hydrogen-bond acceptors (Lipinski definition) is 4. The molecule has 15 heavy (non-hydrogen) atoms. The van der Waals surface area contributed by atoms with Crippen molar-refractivity contribution >= 4 is 5.82 Å². The maximum atomic E-state index is 9.01. The van der Waals surface area contributed by atoms with Gasteiger partial charge in [0.15, 0.2) is 0 Å². The lowest BCUT2D eigenvalue weighted by molar-refractivity contribution is 0.195. The van der Waals surface area contributed by atoms with Gasteiger partial charge in [0.25, 0.3) is 0 Å². The maximum absolute atomic E-state index is 9.01. The summed E-state index contributed by atoms with van der Waals surface area (Å²) < 4.78 is 6.99. The summed E-state index contributed by atoms with van der Waals surface area (Å²) in [6.07, 6.45) is 0.981. The fourth-order valence-electron chi connectivity index (χ4n) is 1.80. The Morgan fingerprint density at radius 2 is 2.47 bits per heavy atom. The third-order valence-electron chi connectivity index (χ3n) is 2.60. The van der Waals surface area contributed by atoms with Gasteiger partial charge >= 0.3 is 0 Å². The minimum absolute atomic E-state index is 0.298. The Morgan fingerprint density at radius 1 is 1.67 bits per heavy atom. The van der Waals surface area contributed by atoms with Crippen molar-refractivity contribution < 1.29 is 4.74 Å². The maximum Gasteiger partial charge on any atom is 0.142 e. The first kappa shape index (κ1) is 9.99. The zero-order chi connectivity index (χ0) is 10.8. The van der Waals surface area contributed by atoms with Gasteiger partial charge in [-0.3, -0.25) is 4.68 Å². The van der Waals surface area contributed by atoms with Gasteiger partial charge in [0.1, 0.15) is 17.5 Å². The number of aromatic nitrogens is 2. The molecule has 1 aromatic heterocycles. The first-order chi connectivity index (χ1) is 7.22. The monoisotopic (exact) mass is 206 g/mol. The van der Waals surface area contributed by atoms with E-state index in [1.165, 1.54) is 0 Å². The van der Waals surface area contributed by atoms with E-state index in [9.17, 15) is 0 Å². The molecule has 1 aromatic rings. The number of nitrogens with one attached hydrogen (secondary N) is 1. The largest absolute Gasteiger partial charge is 0.379 e. The molecule has 5 heteroatoms. The van der Waals surface area contributed by atoms with E-state index in [1.807, 2.05) is 14.0 Å². The van der Waals surface area contributed by atoms with Crippen molar-refractivity contribution in [1.82, 2.24) is 9.78 Å². The number of nitriles is 1. The quantitative estimate of drug-likeness (QED) is 0.777. The molecule has 2 heterocycles. The van der Waals surface area contributed by atoms with E-state index in [0.29, 0.717) is 18.2 Å². The van der Waals surface area contributed by atoms with Gasteiger partial charge in [-0.2, -0.15) is 10.4 Å². The zero-order valence-corrected chi connectivity index (χ0v) is 8.95. The smallest absolute Gasteiger partial charge is 0.142 e. The molecule has 1 fully saturated rings. The van der Waals surface area contributed by atoms with Crippen molar-refractivity contribution in [3.8, 4) is 6.07 Å². The van der Waals surface area contributed by atoms with Crippen molar-refractivity contribution in [1.29, 1.82) is 5.26 Å². The number of anilines is 1. The van der Waals surface area contributed by atoms with E-state index in [1.54, 1.807) is 4.68 Å². The molecule has 1 N–H and O–H groups in total. The topological polar surface area (TPSA) is 62.9 Å². The average molecular weight is 206 g/mol. The van der Waals surface area contributed by atoms with Crippen LogP contribution < -0.4 is 5.32 Å². The van der Waals surface area contributed by atoms with Crippen LogP contribution in [-0.2, 0) is 11.8 Å². The summed E-state index contributed by atoms with van der Waals surface area (Å²) in [5, 5.41) is 16.5. The van der Waals surface area contributed by atoms with Crippen molar-refractivity contribution in [3.63, 3.8) is 0 Å². The van der Waals surface area contributed by atoms with Crippen molar-refractivity contribution in [2.45, 2.75) is 19.4 Å². The van der Waals surface area contributed by atoms with Gasteiger partial charge < -0.3 is 10.1 Å². The fraction of sp³-hybridized carbons (Fsp3) is 0.600. The Hall–Kier alpha value is -1.54. The predicted molar refractivity (Wildman–Crippen MR) is 55.5 cm³/mol. The summed E-state index contributed by atoms with van der Waals surface area (Å²) in [5.74, 6) is 0.797. The Labute approximate surface area is 88.6 Å². The molecule has 80 valence electrons. The highest BCUT2D eigenvalue weighted by Crippen LogP contribution is 2.20. The first-order valence-corrected chi connectivity index (χ1v) is 5.00. The number of nitrogens with zero attached hydrogens (tertiary/aromatic N) is 3. The zero-order valence-electron chi connectivity index (χ0n) is 8.95. The standard InChI is InChI=1S/C10H14N4O/c1-7-9(5-11)10(14(2)13-7)12-8-3-4-15-6-8/h8,12H,3-4,6H2,1-2H3. The first-order valence-electron chi connectivity index (χ1n) is 5.00. The molecule has 1 aliphatic rings. The van der Waals surface area contributed by atoms with Crippen LogP contribution in [0.5, 0.6) is 0 Å². The summed E-state index contributed by atoms with van der Waals surface area (Å²) in [4.78, 5) is 0. The van der Waals surface area contributed by atoms with E-state index in [2.05, 4.69) is 16.5 Å². The second-order valence-electron chi connectivity index (χ2n) is 3.75. The highest BCUT2D eigenvalue weighted by Gasteiger charge is 2.20. The molecule has 0 spiro atoms. The highest BCUT2D eigenvalue weighted by atomic mass is 16.5. The number of aryl methyl sites for hydroxylation is 2. The second-order valence-corrected chi connectivity index (χ2v) is 3.75. The fourth-order valence-corrected chi connectivity index (χ4v) is 1.80. The number of hydrogen-bond donors (Lipinski definition) is 1. The van der Waals surface area contributed by atoms with E-state index in [0.717, 1.165) is 24.5 Å². The number of ether oxygens (including phenoxy) is 1. The normalized spacial score (nSPS) is 20.2. The summed E-state index contributed by atoms with van der Waals surface area (Å²) in [6, 6.07) is 2.47. The van der Waals surface area contributed by atoms with Crippen LogP contribution in [0.15, 0.2) is 0 Å². The average Bonchev–Trinajstić information content (AvgIpc) is 2.77. The lowest BCUT2D eigenvalue weighted by Gasteiger charge is -2.12. The molecular formula is C10H14N4O. The molecule has 0 amide bonds. The van der Waals surface area contributed by atoms with Gasteiger partial charge in [0.2, 0.25) is 0 Å². The van der Waals surface area contributed by atoms with Gasteiger partial charge in [-0.25, -0.2) is 0 Å². The van der Waals surface area contributed by atoms with Crippen LogP contribution in [0.2, 0.25) is 0 Å². The molecule has 0 aliphatic carbocycles. The molecule has 0 aromatic carbocycles. The SMILES string of the molecule is Cc1nn(C)c(NC2CCOC2)c1C#N. The van der Waals surface area contributed by atoms with Crippen LogP contribution in [0.4, 0.5) is 5.82 Å². The van der Waals surface area contributed by atoms with Crippen LogP contribution >= 0.6 is 0 Å². The lowest BCUT2D eigenvalue weighted by Crippen LogP contribution is -2.21. The molecule has 0 saturated carbocycles. The van der Waals surface area contributed by atoms with E-state index in [4.69, 9.17) is 10.00 Å². The van der Waals surface area contributed by atoms with E-state index < -0.39 is 0 Å². The molecule has 5 nitrogen and oxygen atoms in total. The second kappa shape index (κ2) is 3.91. The molecule has 1 saturated heterocycles. The Morgan fingerprint density at radius 3 is 3.07 bits per heavy atom. The summed E-state index contributed by atoms with van der Waals surface area (Å²) in [6.45, 7) is 3.33. The van der Waals surface area contributed by atoms with E-state index >= 15 is 0 Å². The van der Waals surface area contributed by atoms with Crippen LogP contribution in [-0.4, -0.2) is 29.0 Å². The lowest BCUT2D eigenvalue weighted by atomic mass is 10.2. The van der Waals surface area contributed by atoms with Crippen LogP contribution in [0.1, 0.15) is 17.7 Å². The van der Waals surface area contributed by atoms with Gasteiger partial charge in [-0.1, -0.05) is 0 Å². The highest BCUT2D eigenvalue weighted by molar-refractivity contribution is 5.55. The van der Waals surface area contributed by atoms with Crippen LogP contribution in [0.25, 0.3) is 0 Å². The van der Waals surface area contributed by atoms with Gasteiger partial charge in [0.05, 0.1) is 18.3 Å². The van der Waals surface area contributed by atoms with Gasteiger partial charge in [0, 0.05) is 13.7 Å². The Bertz CT molecular complexity index is 398. The Balaban J connectivity index is 2.23. The van der Waals surface area contributed by atoms with Crippen LogP contribution in [0, 0.1) is 18.3 Å². The van der Waals surface area contributed by atoms with Crippen molar-refractivity contribution in [2.24, 2.45) is 7.05 Å². The molecule has 1 atom stereocenters. The molecule has 1 aliphatic heterocycles. The molecule has 0 radical (unpaired) electrons. The molecule has 1 unspecified atom stereocenters. The van der Waals surface area contributed by atoms with Gasteiger partial charge in [-0.15, -0.1) is 0 Å². The number of rotatable bonds is 2. The molecule has 2 rings (SSSR count). The van der Waals surface area contributed by atoms with Crippen molar-refractivity contribution in [2.75, 3.05) is 18.5 Å². The Kier molecular flexibility index (Phi) is 2.60. The predicted octanol–water partition coefficient (Wildman–Crippen LogP) is 0.801. The molecule has 0 bridgehead atoms. The van der Waals surface area contributed by atoms with Crippen molar-refractivity contribution in [3.05, 3.63) is 11.3 Å². The summed E-state index contributed by atoms with van der Waals surface area (Å²) in [7, 11) is 1.84. The van der Waals surface area contributed by atoms with Crippen LogP contribution in [0.3, 0.4) is 0 Å². The third-order valence-corrected chi connectivity index (χ3v) is 2.60. The summed E-state index contributed by atoms with van der Waals surface area (Å²) >= 11 is 0. The third kappa shape index (κ3) is 1.81. The summed E-state index contributed by atoms with van der Waals surface area (Å²) in [5.41, 5.74) is 1.39. The van der Waals surface area contributed by atoms with Gasteiger partial charge in [-0.05, 0) is 13.3 Å². The minimum atomic E-state index is 0.298. The molecular weight excluding hydrogens is 192 g/mol.